The molecule has 3 fully saturated rings. The summed E-state index contributed by atoms with van der Waals surface area (Å²) < 4.78 is 18.0. The van der Waals surface area contributed by atoms with Crippen molar-refractivity contribution in [3.8, 4) is 0 Å². The molecule has 1 aliphatic carbocycles. The third kappa shape index (κ3) is 5.97. The number of nitrogens with one attached hydrogen (secondary N) is 1. The number of esters is 2. The van der Waals surface area contributed by atoms with Gasteiger partial charge in [0.2, 0.25) is 0 Å². The highest BCUT2D eigenvalue weighted by atomic mass is 16.6. The molecule has 0 spiro atoms. The number of carbonyl (C=O) groups excluding carboxylic acids is 2. The molecule has 2 heterocycles. The van der Waals surface area contributed by atoms with Crippen LogP contribution in [-0.2, 0) is 23.8 Å². The van der Waals surface area contributed by atoms with Gasteiger partial charge < -0.3 is 19.5 Å². The van der Waals surface area contributed by atoms with Crippen molar-refractivity contribution in [3.63, 3.8) is 0 Å². The largest absolute Gasteiger partial charge is 0.466 e. The third-order valence-corrected chi connectivity index (χ3v) is 6.37. The van der Waals surface area contributed by atoms with Gasteiger partial charge >= 0.3 is 11.9 Å². The lowest BCUT2D eigenvalue weighted by atomic mass is 9.87. The van der Waals surface area contributed by atoms with Crippen LogP contribution in [0, 0.1) is 5.92 Å². The summed E-state index contributed by atoms with van der Waals surface area (Å²) in [5, 5.41) is 3.38. The SMILES string of the molecule is CCOC(=O)[C@H]1CC[C@H](OC(C(=O)OC(C)(C)C)(N2CCCC2)N2CCNCC2)CC1. The molecule has 31 heavy (non-hydrogen) atoms. The van der Waals surface area contributed by atoms with E-state index in [4.69, 9.17) is 14.2 Å². The molecule has 0 aromatic heterocycles. The second-order valence-electron chi connectivity index (χ2n) is 9.88. The van der Waals surface area contributed by atoms with Gasteiger partial charge in [0.1, 0.15) is 5.60 Å². The second-order valence-corrected chi connectivity index (χ2v) is 9.88. The van der Waals surface area contributed by atoms with Crippen molar-refractivity contribution in [2.75, 3.05) is 45.9 Å². The molecule has 0 aromatic carbocycles. The molecule has 3 aliphatic rings. The molecule has 0 radical (unpaired) electrons. The van der Waals surface area contributed by atoms with E-state index in [0.717, 1.165) is 77.8 Å². The fourth-order valence-electron chi connectivity index (χ4n) is 4.90. The van der Waals surface area contributed by atoms with E-state index in [0.29, 0.717) is 6.61 Å². The summed E-state index contributed by atoms with van der Waals surface area (Å²) in [5.74, 6) is -1.69. The Balaban J connectivity index is 1.82. The number of carbonyl (C=O) groups is 2. The standard InChI is InChI=1S/C23H41N3O5/c1-5-29-20(27)18-8-10-19(11-9-18)30-23(25-14-6-7-15-25,21(28)31-22(2,3)4)26-16-12-24-13-17-26/h18-19,24H,5-17H2,1-4H3/t18-,19-,23?. The third-order valence-electron chi connectivity index (χ3n) is 6.37. The summed E-state index contributed by atoms with van der Waals surface area (Å²) in [5.41, 5.74) is -0.596. The number of hydrogen-bond acceptors (Lipinski definition) is 8. The minimum Gasteiger partial charge on any atom is -0.466 e. The molecule has 3 rings (SSSR count). The summed E-state index contributed by atoms with van der Waals surface area (Å²) in [4.78, 5) is 30.3. The number of hydrogen-bond donors (Lipinski definition) is 1. The highest BCUT2D eigenvalue weighted by Crippen LogP contribution is 2.36. The van der Waals surface area contributed by atoms with Gasteiger partial charge in [0.05, 0.1) is 18.6 Å². The van der Waals surface area contributed by atoms with Crippen LogP contribution in [0.1, 0.15) is 66.2 Å². The highest BCUT2D eigenvalue weighted by Gasteiger charge is 2.55. The molecule has 8 heteroatoms. The van der Waals surface area contributed by atoms with Crippen molar-refractivity contribution in [3.05, 3.63) is 0 Å². The van der Waals surface area contributed by atoms with Crippen molar-refractivity contribution < 1.29 is 23.8 Å². The predicted molar refractivity (Wildman–Crippen MR) is 117 cm³/mol. The first-order chi connectivity index (χ1) is 14.8. The van der Waals surface area contributed by atoms with E-state index < -0.39 is 11.4 Å². The molecule has 2 aliphatic heterocycles. The Morgan fingerprint density at radius 2 is 1.52 bits per heavy atom. The number of likely N-dealkylation sites (tertiary alicyclic amines) is 1. The van der Waals surface area contributed by atoms with Crippen LogP contribution in [0.4, 0.5) is 0 Å². The van der Waals surface area contributed by atoms with Crippen LogP contribution >= 0.6 is 0 Å². The van der Waals surface area contributed by atoms with Crippen LogP contribution < -0.4 is 5.32 Å². The summed E-state index contributed by atoms with van der Waals surface area (Å²) in [7, 11) is 0. The maximum absolute atomic E-state index is 13.8. The monoisotopic (exact) mass is 439 g/mol. The van der Waals surface area contributed by atoms with Crippen LogP contribution in [0.3, 0.4) is 0 Å². The lowest BCUT2D eigenvalue weighted by molar-refractivity contribution is -0.278. The fourth-order valence-corrected chi connectivity index (χ4v) is 4.90. The van der Waals surface area contributed by atoms with Crippen LogP contribution in [-0.4, -0.2) is 85.2 Å². The second kappa shape index (κ2) is 10.6. The van der Waals surface area contributed by atoms with Gasteiger partial charge in [-0.15, -0.1) is 0 Å². The number of nitrogens with zero attached hydrogens (tertiary/aromatic N) is 2. The first-order valence-corrected chi connectivity index (χ1v) is 12.0. The molecule has 0 bridgehead atoms. The Bertz CT molecular complexity index is 603. The Morgan fingerprint density at radius 1 is 0.935 bits per heavy atom. The van der Waals surface area contributed by atoms with Crippen LogP contribution in [0.2, 0.25) is 0 Å². The highest BCUT2D eigenvalue weighted by molar-refractivity contribution is 5.79. The molecule has 1 N–H and O–H groups in total. The smallest absolute Gasteiger partial charge is 0.371 e. The average Bonchev–Trinajstić information content (AvgIpc) is 3.27. The van der Waals surface area contributed by atoms with Crippen molar-refractivity contribution in [1.82, 2.24) is 15.1 Å². The minimum absolute atomic E-state index is 0.0679. The van der Waals surface area contributed by atoms with E-state index in [9.17, 15) is 9.59 Å². The Morgan fingerprint density at radius 3 is 2.06 bits per heavy atom. The van der Waals surface area contributed by atoms with Crippen LogP contribution in [0.15, 0.2) is 0 Å². The van der Waals surface area contributed by atoms with Crippen LogP contribution in [0.25, 0.3) is 0 Å². The molecule has 1 saturated carbocycles. The number of ether oxygens (including phenoxy) is 3. The topological polar surface area (TPSA) is 80.3 Å². The Kier molecular flexibility index (Phi) is 8.35. The van der Waals surface area contributed by atoms with Gasteiger partial charge in [-0.05, 0) is 66.2 Å². The van der Waals surface area contributed by atoms with Gasteiger partial charge in [-0.2, -0.15) is 0 Å². The van der Waals surface area contributed by atoms with Crippen molar-refractivity contribution >= 4 is 11.9 Å². The molecule has 2 saturated heterocycles. The summed E-state index contributed by atoms with van der Waals surface area (Å²) in [6.45, 7) is 12.7. The van der Waals surface area contributed by atoms with Gasteiger partial charge in [-0.3, -0.25) is 14.6 Å². The molecule has 1 atom stereocenters. The Hall–Kier alpha value is -1.22. The van der Waals surface area contributed by atoms with E-state index >= 15 is 0 Å². The number of rotatable bonds is 7. The molecule has 178 valence electrons. The Labute approximate surface area is 186 Å². The number of piperazine rings is 1. The molecule has 8 nitrogen and oxygen atoms in total. The summed E-state index contributed by atoms with van der Waals surface area (Å²) in [6.07, 6.45) is 4.96. The molecule has 1 unspecified atom stereocenters. The van der Waals surface area contributed by atoms with E-state index in [-0.39, 0.29) is 24.0 Å². The first kappa shape index (κ1) is 24.4. The fraction of sp³-hybridized carbons (Fsp3) is 0.913. The summed E-state index contributed by atoms with van der Waals surface area (Å²) >= 11 is 0. The zero-order chi connectivity index (χ0) is 22.5. The lowest BCUT2D eigenvalue weighted by Gasteiger charge is -2.50. The van der Waals surface area contributed by atoms with Gasteiger partial charge in [0.25, 0.3) is 5.85 Å². The van der Waals surface area contributed by atoms with E-state index in [1.54, 1.807) is 0 Å². The van der Waals surface area contributed by atoms with Gasteiger partial charge in [-0.1, -0.05) is 0 Å². The molecule has 0 aromatic rings. The van der Waals surface area contributed by atoms with E-state index in [1.165, 1.54) is 0 Å². The van der Waals surface area contributed by atoms with E-state index in [2.05, 4.69) is 15.1 Å². The zero-order valence-corrected chi connectivity index (χ0v) is 19.8. The zero-order valence-electron chi connectivity index (χ0n) is 19.8. The maximum atomic E-state index is 13.8. The average molecular weight is 440 g/mol. The minimum atomic E-state index is -1.20. The van der Waals surface area contributed by atoms with Crippen LogP contribution in [0.5, 0.6) is 0 Å². The van der Waals surface area contributed by atoms with Crippen molar-refractivity contribution in [1.29, 1.82) is 0 Å². The maximum Gasteiger partial charge on any atom is 0.371 e. The predicted octanol–water partition coefficient (Wildman–Crippen LogP) is 2.12. The van der Waals surface area contributed by atoms with Gasteiger partial charge in [0.15, 0.2) is 0 Å². The summed E-state index contributed by atoms with van der Waals surface area (Å²) in [6, 6.07) is 0. The first-order valence-electron chi connectivity index (χ1n) is 12.0. The van der Waals surface area contributed by atoms with Gasteiger partial charge in [0, 0.05) is 39.3 Å². The van der Waals surface area contributed by atoms with Crippen molar-refractivity contribution in [2.24, 2.45) is 5.92 Å². The van der Waals surface area contributed by atoms with Gasteiger partial charge in [-0.25, -0.2) is 4.79 Å². The molecule has 0 amide bonds. The molecular weight excluding hydrogens is 398 g/mol. The normalized spacial score (nSPS) is 28.1. The lowest BCUT2D eigenvalue weighted by Crippen LogP contribution is -2.71. The molecular formula is C23H41N3O5. The van der Waals surface area contributed by atoms with Crippen molar-refractivity contribution in [2.45, 2.75) is 83.8 Å². The van der Waals surface area contributed by atoms with E-state index in [1.807, 2.05) is 27.7 Å². The quantitative estimate of drug-likeness (QED) is 0.605.